The topological polar surface area (TPSA) is 87.7 Å². The van der Waals surface area contributed by atoms with E-state index in [1.165, 1.54) is 18.1 Å². The number of thioether (sulfide) groups is 1. The van der Waals surface area contributed by atoms with Gasteiger partial charge in [-0.2, -0.15) is 0 Å². The summed E-state index contributed by atoms with van der Waals surface area (Å²) in [5.41, 5.74) is 3.39. The SMILES string of the molecule is CSc1nnc(N2CCc3ccc(N4CC(CNC(C)=O)OC4=O)cc3CC2)s1. The lowest BCUT2D eigenvalue weighted by molar-refractivity contribution is -0.119. The number of hydrogen-bond donors (Lipinski definition) is 1. The van der Waals surface area contributed by atoms with E-state index in [1.807, 2.05) is 12.3 Å². The second-order valence-electron chi connectivity index (χ2n) is 7.05. The average molecular weight is 434 g/mol. The van der Waals surface area contributed by atoms with E-state index in [4.69, 9.17) is 4.74 Å². The van der Waals surface area contributed by atoms with Gasteiger partial charge in [-0.05, 0) is 42.4 Å². The first-order valence-electron chi connectivity index (χ1n) is 9.50. The van der Waals surface area contributed by atoms with Crippen LogP contribution >= 0.6 is 23.1 Å². The molecule has 3 heterocycles. The van der Waals surface area contributed by atoms with Gasteiger partial charge in [-0.3, -0.25) is 9.69 Å². The summed E-state index contributed by atoms with van der Waals surface area (Å²) in [5.74, 6) is -0.130. The van der Waals surface area contributed by atoms with Gasteiger partial charge in [0, 0.05) is 25.7 Å². The largest absolute Gasteiger partial charge is 0.442 e. The van der Waals surface area contributed by atoms with E-state index in [2.05, 4.69) is 32.5 Å². The maximum Gasteiger partial charge on any atom is 0.414 e. The quantitative estimate of drug-likeness (QED) is 0.724. The predicted octanol–water partition coefficient (Wildman–Crippen LogP) is 2.33. The number of benzene rings is 1. The average Bonchev–Trinajstić information content (AvgIpc) is 3.27. The first-order valence-corrected chi connectivity index (χ1v) is 11.5. The van der Waals surface area contributed by atoms with E-state index < -0.39 is 0 Å². The Hall–Kier alpha value is -2.33. The van der Waals surface area contributed by atoms with Gasteiger partial charge in [-0.1, -0.05) is 29.2 Å². The summed E-state index contributed by atoms with van der Waals surface area (Å²) in [6, 6.07) is 6.18. The summed E-state index contributed by atoms with van der Waals surface area (Å²) in [6.45, 7) is 3.99. The molecule has 0 spiro atoms. The van der Waals surface area contributed by atoms with Crippen LogP contribution in [0.3, 0.4) is 0 Å². The van der Waals surface area contributed by atoms with Crippen molar-refractivity contribution in [3.8, 4) is 0 Å². The van der Waals surface area contributed by atoms with Crippen LogP contribution in [0.2, 0.25) is 0 Å². The molecule has 4 rings (SSSR count). The molecule has 1 saturated heterocycles. The van der Waals surface area contributed by atoms with E-state index in [1.54, 1.807) is 28.0 Å². The zero-order valence-corrected chi connectivity index (χ0v) is 18.0. The minimum absolute atomic E-state index is 0.130. The standard InChI is InChI=1S/C19H23N5O3S2/c1-12(25)20-10-16-11-24(19(26)27-16)15-4-3-13-5-7-23(8-6-14(13)9-15)17-21-22-18(28-2)29-17/h3-4,9,16H,5-8,10-11H2,1-2H3,(H,20,25). The molecule has 154 valence electrons. The Morgan fingerprint density at radius 3 is 2.83 bits per heavy atom. The molecule has 29 heavy (non-hydrogen) atoms. The monoisotopic (exact) mass is 433 g/mol. The molecule has 2 aliphatic rings. The highest BCUT2D eigenvalue weighted by atomic mass is 32.2. The number of cyclic esters (lactones) is 1. The molecule has 1 fully saturated rings. The number of ether oxygens (including phenoxy) is 1. The molecular weight excluding hydrogens is 410 g/mol. The van der Waals surface area contributed by atoms with E-state index in [9.17, 15) is 9.59 Å². The van der Waals surface area contributed by atoms with Crippen LogP contribution in [0.4, 0.5) is 15.6 Å². The van der Waals surface area contributed by atoms with Gasteiger partial charge >= 0.3 is 6.09 Å². The van der Waals surface area contributed by atoms with Crippen LogP contribution in [-0.2, 0) is 22.4 Å². The molecule has 2 aromatic rings. The summed E-state index contributed by atoms with van der Waals surface area (Å²) in [6.07, 6.45) is 3.13. The number of aromatic nitrogens is 2. The van der Waals surface area contributed by atoms with Gasteiger partial charge in [0.2, 0.25) is 11.0 Å². The van der Waals surface area contributed by atoms with Crippen LogP contribution in [0.15, 0.2) is 22.5 Å². The van der Waals surface area contributed by atoms with Gasteiger partial charge in [0.15, 0.2) is 4.34 Å². The number of nitrogens with zero attached hydrogens (tertiary/aromatic N) is 4. The van der Waals surface area contributed by atoms with Crippen LogP contribution < -0.4 is 15.1 Å². The second-order valence-corrected chi connectivity index (χ2v) is 9.06. The number of amides is 2. The molecule has 0 radical (unpaired) electrons. The molecule has 1 N–H and O–H groups in total. The molecule has 1 unspecified atom stereocenters. The van der Waals surface area contributed by atoms with Crippen LogP contribution in [0.25, 0.3) is 0 Å². The Morgan fingerprint density at radius 2 is 2.10 bits per heavy atom. The second kappa shape index (κ2) is 8.58. The molecule has 2 amide bonds. The lowest BCUT2D eigenvalue weighted by Crippen LogP contribution is -2.33. The molecule has 1 aromatic heterocycles. The highest BCUT2D eigenvalue weighted by Crippen LogP contribution is 2.30. The number of carbonyl (C=O) groups excluding carboxylic acids is 2. The lowest BCUT2D eigenvalue weighted by atomic mass is 10.0. The highest BCUT2D eigenvalue weighted by molar-refractivity contribution is 8.00. The summed E-state index contributed by atoms with van der Waals surface area (Å²) < 4.78 is 6.36. The van der Waals surface area contributed by atoms with E-state index >= 15 is 0 Å². The molecule has 2 aliphatic heterocycles. The minimum Gasteiger partial charge on any atom is -0.442 e. The predicted molar refractivity (Wildman–Crippen MR) is 114 cm³/mol. The van der Waals surface area contributed by atoms with Crippen LogP contribution in [0, 0.1) is 0 Å². The molecule has 0 aliphatic carbocycles. The van der Waals surface area contributed by atoms with Crippen molar-refractivity contribution in [1.82, 2.24) is 15.5 Å². The minimum atomic E-state index is -0.367. The van der Waals surface area contributed by atoms with Crippen molar-refractivity contribution < 1.29 is 14.3 Å². The molecule has 10 heteroatoms. The van der Waals surface area contributed by atoms with Gasteiger partial charge in [0.1, 0.15) is 6.10 Å². The molecule has 0 saturated carbocycles. The smallest absolute Gasteiger partial charge is 0.414 e. The zero-order valence-electron chi connectivity index (χ0n) is 16.4. The molecule has 1 aromatic carbocycles. The number of rotatable bonds is 5. The van der Waals surface area contributed by atoms with Gasteiger partial charge in [-0.25, -0.2) is 4.79 Å². The summed E-state index contributed by atoms with van der Waals surface area (Å²) in [7, 11) is 0. The Kier molecular flexibility index (Phi) is 5.91. The fourth-order valence-electron chi connectivity index (χ4n) is 3.58. The molecular formula is C19H23N5O3S2. The van der Waals surface area contributed by atoms with Crippen molar-refractivity contribution in [3.63, 3.8) is 0 Å². The molecule has 0 bridgehead atoms. The van der Waals surface area contributed by atoms with Gasteiger partial charge in [-0.15, -0.1) is 10.2 Å². The van der Waals surface area contributed by atoms with Gasteiger partial charge in [0.05, 0.1) is 13.1 Å². The van der Waals surface area contributed by atoms with Crippen molar-refractivity contribution >= 4 is 45.9 Å². The summed E-state index contributed by atoms with van der Waals surface area (Å²) in [5, 5.41) is 12.2. The lowest BCUT2D eigenvalue weighted by Gasteiger charge is -2.17. The van der Waals surface area contributed by atoms with Crippen molar-refractivity contribution in [2.45, 2.75) is 30.2 Å². The third-order valence-electron chi connectivity index (χ3n) is 5.10. The Labute approximate surface area is 177 Å². The fraction of sp³-hybridized carbons (Fsp3) is 0.474. The maximum atomic E-state index is 12.3. The van der Waals surface area contributed by atoms with E-state index in [0.29, 0.717) is 13.1 Å². The van der Waals surface area contributed by atoms with Gasteiger partial charge < -0.3 is 15.0 Å². The third-order valence-corrected chi connectivity index (χ3v) is 7.06. The summed E-state index contributed by atoms with van der Waals surface area (Å²) in [4.78, 5) is 27.3. The van der Waals surface area contributed by atoms with Crippen LogP contribution in [0.1, 0.15) is 18.1 Å². The number of anilines is 2. The number of nitrogens with one attached hydrogen (secondary N) is 1. The van der Waals surface area contributed by atoms with Crippen molar-refractivity contribution in [2.24, 2.45) is 0 Å². The third kappa shape index (κ3) is 4.48. The Morgan fingerprint density at radius 1 is 1.31 bits per heavy atom. The molecule has 1 atom stereocenters. The normalized spacial score (nSPS) is 19.0. The first kappa shape index (κ1) is 20.0. The first-order chi connectivity index (χ1) is 14.0. The maximum absolute atomic E-state index is 12.3. The fourth-order valence-corrected chi connectivity index (χ4v) is 4.89. The molecule has 8 nitrogen and oxygen atoms in total. The van der Waals surface area contributed by atoms with Crippen LogP contribution in [-0.4, -0.2) is 60.7 Å². The van der Waals surface area contributed by atoms with E-state index in [0.717, 1.165) is 41.1 Å². The Bertz CT molecular complexity index is 919. The Balaban J connectivity index is 1.45. The number of fused-ring (bicyclic) bond motifs is 1. The van der Waals surface area contributed by atoms with Crippen molar-refractivity contribution in [1.29, 1.82) is 0 Å². The van der Waals surface area contributed by atoms with Crippen molar-refractivity contribution in [3.05, 3.63) is 29.3 Å². The van der Waals surface area contributed by atoms with Crippen LogP contribution in [0.5, 0.6) is 0 Å². The van der Waals surface area contributed by atoms with Gasteiger partial charge in [0.25, 0.3) is 0 Å². The zero-order chi connectivity index (χ0) is 20.4. The number of carbonyl (C=O) groups is 2. The summed E-state index contributed by atoms with van der Waals surface area (Å²) >= 11 is 3.24. The highest BCUT2D eigenvalue weighted by Gasteiger charge is 2.32. The number of hydrogen-bond acceptors (Lipinski definition) is 8. The van der Waals surface area contributed by atoms with Crippen molar-refractivity contribution in [2.75, 3.05) is 42.2 Å². The van der Waals surface area contributed by atoms with E-state index in [-0.39, 0.29) is 18.1 Å².